The smallest absolute Gasteiger partial charge is 0.223 e. The summed E-state index contributed by atoms with van der Waals surface area (Å²) in [4.78, 5) is 13.8. The minimum atomic E-state index is -0.379. The lowest BCUT2D eigenvalue weighted by Crippen LogP contribution is -2.24. The minimum Gasteiger partial charge on any atom is -0.388 e. The first-order valence-corrected chi connectivity index (χ1v) is 7.23. The molecule has 0 saturated carbocycles. The van der Waals surface area contributed by atoms with Crippen LogP contribution in [0.4, 0.5) is 0 Å². The van der Waals surface area contributed by atoms with Gasteiger partial charge in [-0.3, -0.25) is 4.79 Å². The lowest BCUT2D eigenvalue weighted by Gasteiger charge is -2.14. The zero-order valence-corrected chi connectivity index (χ0v) is 11.9. The van der Waals surface area contributed by atoms with Gasteiger partial charge in [-0.15, -0.1) is 0 Å². The summed E-state index contributed by atoms with van der Waals surface area (Å²) in [7, 11) is 0. The molecule has 0 bridgehead atoms. The summed E-state index contributed by atoms with van der Waals surface area (Å²) in [6, 6.07) is 6.12. The van der Waals surface area contributed by atoms with Crippen molar-refractivity contribution in [3.8, 4) is 0 Å². The van der Waals surface area contributed by atoms with Crippen LogP contribution in [0.3, 0.4) is 0 Å². The lowest BCUT2D eigenvalue weighted by molar-refractivity contribution is -0.131. The quantitative estimate of drug-likeness (QED) is 0.884. The van der Waals surface area contributed by atoms with E-state index in [-0.39, 0.29) is 12.0 Å². The molecule has 0 fully saturated rings. The number of hydrogen-bond donors (Lipinski definition) is 1. The van der Waals surface area contributed by atoms with Gasteiger partial charge in [-0.05, 0) is 29.5 Å². The molecule has 1 unspecified atom stereocenters. The van der Waals surface area contributed by atoms with Crippen LogP contribution in [0, 0.1) is 0 Å². The number of benzene rings is 1. The molecule has 1 aliphatic rings. The average molecular weight is 261 g/mol. The normalized spacial score (nSPS) is 15.4. The maximum Gasteiger partial charge on any atom is 0.223 e. The highest BCUT2D eigenvalue weighted by Crippen LogP contribution is 2.28. The van der Waals surface area contributed by atoms with E-state index in [2.05, 4.69) is 19.1 Å². The second-order valence-electron chi connectivity index (χ2n) is 5.33. The number of rotatable bonds is 5. The Bertz CT molecular complexity index is 456. The summed E-state index contributed by atoms with van der Waals surface area (Å²) in [5, 5.41) is 10.0. The van der Waals surface area contributed by atoms with Gasteiger partial charge in [0.05, 0.1) is 6.10 Å². The number of aliphatic hydroxyl groups excluding tert-OH is 1. The fraction of sp³-hybridized carbons (Fsp3) is 0.562. The predicted molar refractivity (Wildman–Crippen MR) is 75.5 cm³/mol. The van der Waals surface area contributed by atoms with Crippen molar-refractivity contribution in [3.63, 3.8) is 0 Å². The van der Waals surface area contributed by atoms with Gasteiger partial charge in [0.1, 0.15) is 0 Å². The number of aliphatic hydroxyl groups is 1. The number of nitrogens with zero attached hydrogens (tertiary/aromatic N) is 1. The summed E-state index contributed by atoms with van der Waals surface area (Å²) >= 11 is 0. The Balaban J connectivity index is 2.09. The van der Waals surface area contributed by atoms with Gasteiger partial charge >= 0.3 is 0 Å². The topological polar surface area (TPSA) is 40.5 Å². The van der Waals surface area contributed by atoms with Gasteiger partial charge in [-0.2, -0.15) is 0 Å². The molecule has 0 saturated heterocycles. The van der Waals surface area contributed by atoms with Gasteiger partial charge in [0, 0.05) is 19.5 Å². The zero-order valence-electron chi connectivity index (χ0n) is 11.9. The standard InChI is InChI=1S/C16H23NO2/c1-3-5-15(18)12-7-8-13-10-17(11-14(13)9-12)16(19)6-4-2/h7-9,15,18H,3-6,10-11H2,1-2H3. The molecule has 1 amide bonds. The van der Waals surface area contributed by atoms with Crippen molar-refractivity contribution >= 4 is 5.91 Å². The molecule has 2 rings (SSSR count). The van der Waals surface area contributed by atoms with Gasteiger partial charge in [-0.25, -0.2) is 0 Å². The first-order chi connectivity index (χ1) is 9.15. The Hall–Kier alpha value is -1.35. The van der Waals surface area contributed by atoms with E-state index in [1.54, 1.807) is 0 Å². The van der Waals surface area contributed by atoms with Crippen LogP contribution in [0.1, 0.15) is 62.3 Å². The van der Waals surface area contributed by atoms with E-state index in [1.165, 1.54) is 11.1 Å². The molecule has 104 valence electrons. The maximum absolute atomic E-state index is 11.9. The van der Waals surface area contributed by atoms with Gasteiger partial charge in [0.15, 0.2) is 0 Å². The van der Waals surface area contributed by atoms with E-state index in [1.807, 2.05) is 17.9 Å². The van der Waals surface area contributed by atoms with Gasteiger partial charge < -0.3 is 10.0 Å². The molecule has 0 radical (unpaired) electrons. The molecule has 0 aromatic heterocycles. The molecule has 19 heavy (non-hydrogen) atoms. The Kier molecular flexibility index (Phi) is 4.59. The monoisotopic (exact) mass is 261 g/mol. The van der Waals surface area contributed by atoms with Crippen LogP contribution in [0.15, 0.2) is 18.2 Å². The second-order valence-corrected chi connectivity index (χ2v) is 5.33. The molecule has 1 aromatic carbocycles. The predicted octanol–water partition coefficient (Wildman–Crippen LogP) is 3.16. The molecule has 1 atom stereocenters. The zero-order chi connectivity index (χ0) is 13.8. The van der Waals surface area contributed by atoms with E-state index < -0.39 is 0 Å². The highest BCUT2D eigenvalue weighted by atomic mass is 16.3. The maximum atomic E-state index is 11.9. The Morgan fingerprint density at radius 2 is 2.00 bits per heavy atom. The summed E-state index contributed by atoms with van der Waals surface area (Å²) in [6.07, 6.45) is 2.90. The van der Waals surface area contributed by atoms with E-state index in [4.69, 9.17) is 0 Å². The Labute approximate surface area is 115 Å². The summed E-state index contributed by atoms with van der Waals surface area (Å²) in [6.45, 7) is 5.52. The van der Waals surface area contributed by atoms with Crippen molar-refractivity contribution < 1.29 is 9.90 Å². The molecule has 1 aliphatic heterocycles. The van der Waals surface area contributed by atoms with E-state index >= 15 is 0 Å². The van der Waals surface area contributed by atoms with Crippen molar-refractivity contribution in [1.82, 2.24) is 4.90 Å². The lowest BCUT2D eigenvalue weighted by atomic mass is 10.0. The van der Waals surface area contributed by atoms with Crippen LogP contribution < -0.4 is 0 Å². The number of carbonyl (C=O) groups is 1. The molecule has 0 aliphatic carbocycles. The largest absolute Gasteiger partial charge is 0.388 e. The highest BCUT2D eigenvalue weighted by molar-refractivity contribution is 5.76. The summed E-state index contributed by atoms with van der Waals surface area (Å²) in [5.74, 6) is 0.231. The third-order valence-corrected chi connectivity index (χ3v) is 3.72. The van der Waals surface area contributed by atoms with E-state index in [0.29, 0.717) is 13.0 Å². The molecule has 1 heterocycles. The van der Waals surface area contributed by atoms with Crippen molar-refractivity contribution in [2.45, 2.75) is 58.7 Å². The number of amides is 1. The van der Waals surface area contributed by atoms with E-state index in [0.717, 1.165) is 31.4 Å². The van der Waals surface area contributed by atoms with Crippen LogP contribution >= 0.6 is 0 Å². The average Bonchev–Trinajstić information content (AvgIpc) is 2.82. The van der Waals surface area contributed by atoms with Crippen molar-refractivity contribution in [1.29, 1.82) is 0 Å². The Morgan fingerprint density at radius 3 is 2.68 bits per heavy atom. The third kappa shape index (κ3) is 3.16. The van der Waals surface area contributed by atoms with Crippen LogP contribution in [-0.2, 0) is 17.9 Å². The molecule has 0 spiro atoms. The Morgan fingerprint density at radius 1 is 1.26 bits per heavy atom. The van der Waals surface area contributed by atoms with Crippen molar-refractivity contribution in [2.75, 3.05) is 0 Å². The molecule has 1 aromatic rings. The highest BCUT2D eigenvalue weighted by Gasteiger charge is 2.23. The molecule has 3 heteroatoms. The van der Waals surface area contributed by atoms with Gasteiger partial charge in [0.2, 0.25) is 5.91 Å². The molecule has 1 N–H and O–H groups in total. The first kappa shape index (κ1) is 14.1. The third-order valence-electron chi connectivity index (χ3n) is 3.72. The van der Waals surface area contributed by atoms with Crippen LogP contribution in [-0.4, -0.2) is 15.9 Å². The van der Waals surface area contributed by atoms with Crippen LogP contribution in [0.2, 0.25) is 0 Å². The summed E-state index contributed by atoms with van der Waals surface area (Å²) < 4.78 is 0. The fourth-order valence-electron chi connectivity index (χ4n) is 2.61. The van der Waals surface area contributed by atoms with Gasteiger partial charge in [-0.1, -0.05) is 38.5 Å². The minimum absolute atomic E-state index is 0.231. The van der Waals surface area contributed by atoms with E-state index in [9.17, 15) is 9.90 Å². The van der Waals surface area contributed by atoms with Crippen molar-refractivity contribution in [2.24, 2.45) is 0 Å². The SMILES string of the molecule is CCCC(=O)N1Cc2ccc(C(O)CCC)cc2C1. The van der Waals surface area contributed by atoms with Crippen LogP contribution in [0.25, 0.3) is 0 Å². The second kappa shape index (κ2) is 6.20. The first-order valence-electron chi connectivity index (χ1n) is 7.23. The van der Waals surface area contributed by atoms with Crippen LogP contribution in [0.5, 0.6) is 0 Å². The van der Waals surface area contributed by atoms with Crippen molar-refractivity contribution in [3.05, 3.63) is 34.9 Å². The number of fused-ring (bicyclic) bond motifs is 1. The number of carbonyl (C=O) groups excluding carboxylic acids is 1. The molecular weight excluding hydrogens is 238 g/mol. The van der Waals surface area contributed by atoms with Gasteiger partial charge in [0.25, 0.3) is 0 Å². The molecular formula is C16H23NO2. The number of hydrogen-bond acceptors (Lipinski definition) is 2. The molecule has 3 nitrogen and oxygen atoms in total. The fourth-order valence-corrected chi connectivity index (χ4v) is 2.61. The summed E-state index contributed by atoms with van der Waals surface area (Å²) in [5.41, 5.74) is 3.39.